The molecule has 1 aliphatic heterocycles. The highest BCUT2D eigenvalue weighted by atomic mass is 32.2. The van der Waals surface area contributed by atoms with Gasteiger partial charge in [-0.2, -0.15) is 0 Å². The van der Waals surface area contributed by atoms with Gasteiger partial charge in [-0.15, -0.1) is 0 Å². The third-order valence-corrected chi connectivity index (χ3v) is 4.23. The first-order valence-electron chi connectivity index (χ1n) is 5.38. The lowest BCUT2D eigenvalue weighted by molar-refractivity contribution is 0.427. The second-order valence-corrected chi connectivity index (χ2v) is 7.35. The van der Waals surface area contributed by atoms with Crippen LogP contribution in [0.1, 0.15) is 26.3 Å². The van der Waals surface area contributed by atoms with Crippen LogP contribution in [0, 0.1) is 5.41 Å². The molecule has 0 radical (unpaired) electrons. The van der Waals surface area contributed by atoms with Gasteiger partial charge in [-0.3, -0.25) is 4.31 Å². The maximum Gasteiger partial charge on any atom is 0.239 e. The lowest BCUT2D eigenvalue weighted by atomic mass is 9.97. The Morgan fingerprint density at radius 1 is 1.25 bits per heavy atom. The maximum atomic E-state index is 12.0. The van der Waals surface area contributed by atoms with Crippen molar-refractivity contribution in [1.29, 1.82) is 0 Å². The summed E-state index contributed by atoms with van der Waals surface area (Å²) in [6, 6.07) is 7.53. The largest absolute Gasteiger partial charge is 0.269 e. The summed E-state index contributed by atoms with van der Waals surface area (Å²) in [5.41, 5.74) is 1.72. The number of hydrogen-bond acceptors (Lipinski definition) is 2. The summed E-state index contributed by atoms with van der Waals surface area (Å²) in [6.07, 6.45) is 0. The van der Waals surface area contributed by atoms with Crippen molar-refractivity contribution >= 4 is 15.7 Å². The quantitative estimate of drug-likeness (QED) is 0.754. The first kappa shape index (κ1) is 11.5. The van der Waals surface area contributed by atoms with Crippen LogP contribution >= 0.6 is 0 Å². The Morgan fingerprint density at radius 2 is 1.88 bits per heavy atom. The van der Waals surface area contributed by atoms with Crippen LogP contribution in [-0.2, 0) is 15.8 Å². The topological polar surface area (TPSA) is 37.4 Å². The predicted octanol–water partition coefficient (Wildman–Crippen LogP) is 2.38. The number of benzene rings is 1. The summed E-state index contributed by atoms with van der Waals surface area (Å²) in [7, 11) is -3.15. The van der Waals surface area contributed by atoms with E-state index in [0.717, 1.165) is 11.3 Å². The van der Waals surface area contributed by atoms with Gasteiger partial charge in [-0.1, -0.05) is 39.0 Å². The Balaban J connectivity index is 2.44. The van der Waals surface area contributed by atoms with Crippen molar-refractivity contribution < 1.29 is 8.42 Å². The number of para-hydroxylation sites is 1. The average Bonchev–Trinajstić information content (AvgIpc) is 2.36. The van der Waals surface area contributed by atoms with Gasteiger partial charge in [0.2, 0.25) is 10.0 Å². The zero-order valence-corrected chi connectivity index (χ0v) is 10.7. The van der Waals surface area contributed by atoms with Gasteiger partial charge in [-0.25, -0.2) is 8.42 Å². The Morgan fingerprint density at radius 3 is 2.50 bits per heavy atom. The highest BCUT2D eigenvalue weighted by Crippen LogP contribution is 2.35. The second-order valence-electron chi connectivity index (χ2n) is 5.45. The molecule has 0 spiro atoms. The molecule has 1 heterocycles. The van der Waals surface area contributed by atoms with Crippen molar-refractivity contribution in [3.05, 3.63) is 29.8 Å². The highest BCUT2D eigenvalue weighted by Gasteiger charge is 2.34. The van der Waals surface area contributed by atoms with Gasteiger partial charge in [0.05, 0.1) is 11.4 Å². The van der Waals surface area contributed by atoms with Crippen molar-refractivity contribution in [3.63, 3.8) is 0 Å². The Kier molecular flexibility index (Phi) is 2.49. The van der Waals surface area contributed by atoms with Crippen LogP contribution in [0.3, 0.4) is 0 Å². The number of hydrogen-bond donors (Lipinski definition) is 0. The first-order valence-corrected chi connectivity index (χ1v) is 6.99. The van der Waals surface area contributed by atoms with Crippen molar-refractivity contribution in [3.8, 4) is 0 Å². The zero-order valence-electron chi connectivity index (χ0n) is 9.90. The standard InChI is InChI=1S/C12H17NO2S/c1-12(2,3)9-13-11-7-5-4-6-10(11)8-16(13,14)15/h4-7H,8-9H2,1-3H3. The van der Waals surface area contributed by atoms with Crippen LogP contribution in [0.5, 0.6) is 0 Å². The molecule has 0 amide bonds. The molecule has 3 nitrogen and oxygen atoms in total. The first-order chi connectivity index (χ1) is 7.30. The van der Waals surface area contributed by atoms with Gasteiger partial charge in [0.25, 0.3) is 0 Å². The number of sulfonamides is 1. The molecule has 1 aliphatic rings. The number of rotatable bonds is 1. The molecular formula is C12H17NO2S. The SMILES string of the molecule is CC(C)(C)CN1c2ccccc2CS1(=O)=O. The third kappa shape index (κ3) is 2.07. The molecule has 1 aromatic carbocycles. The summed E-state index contributed by atoms with van der Waals surface area (Å²) in [5.74, 6) is 0.138. The van der Waals surface area contributed by atoms with Gasteiger partial charge in [0, 0.05) is 6.54 Å². The van der Waals surface area contributed by atoms with Gasteiger partial charge in [-0.05, 0) is 17.0 Å². The summed E-state index contributed by atoms with van der Waals surface area (Å²) < 4.78 is 25.6. The molecule has 0 aromatic heterocycles. The summed E-state index contributed by atoms with van der Waals surface area (Å²) in [4.78, 5) is 0. The van der Waals surface area contributed by atoms with Gasteiger partial charge in [0.1, 0.15) is 0 Å². The van der Waals surface area contributed by atoms with E-state index in [-0.39, 0.29) is 11.2 Å². The Hall–Kier alpha value is -1.03. The predicted molar refractivity (Wildman–Crippen MR) is 65.9 cm³/mol. The fourth-order valence-corrected chi connectivity index (χ4v) is 3.77. The van der Waals surface area contributed by atoms with Crippen LogP contribution in [0.25, 0.3) is 0 Å². The van der Waals surface area contributed by atoms with E-state index in [9.17, 15) is 8.42 Å². The van der Waals surface area contributed by atoms with E-state index in [2.05, 4.69) is 0 Å². The van der Waals surface area contributed by atoms with Gasteiger partial charge in [0.15, 0.2) is 0 Å². The molecule has 0 unspecified atom stereocenters. The van der Waals surface area contributed by atoms with E-state index in [1.807, 2.05) is 45.0 Å². The van der Waals surface area contributed by atoms with Crippen molar-refractivity contribution in [2.24, 2.45) is 5.41 Å². The molecule has 2 rings (SSSR count). The minimum absolute atomic E-state index is 0.0372. The maximum absolute atomic E-state index is 12.0. The van der Waals surface area contributed by atoms with Crippen LogP contribution in [0.4, 0.5) is 5.69 Å². The monoisotopic (exact) mass is 239 g/mol. The molecule has 4 heteroatoms. The molecule has 0 N–H and O–H groups in total. The van der Waals surface area contributed by atoms with E-state index in [1.165, 1.54) is 0 Å². The minimum Gasteiger partial charge on any atom is -0.269 e. The second kappa shape index (κ2) is 3.48. The fourth-order valence-electron chi connectivity index (χ4n) is 1.91. The highest BCUT2D eigenvalue weighted by molar-refractivity contribution is 7.92. The van der Waals surface area contributed by atoms with Gasteiger partial charge >= 0.3 is 0 Å². The average molecular weight is 239 g/mol. The van der Waals surface area contributed by atoms with Crippen LogP contribution in [0.15, 0.2) is 24.3 Å². The van der Waals surface area contributed by atoms with E-state index < -0.39 is 10.0 Å². The van der Waals surface area contributed by atoms with Crippen LogP contribution in [-0.4, -0.2) is 15.0 Å². The Labute approximate surface area is 97.1 Å². The van der Waals surface area contributed by atoms with E-state index in [1.54, 1.807) is 4.31 Å². The van der Waals surface area contributed by atoms with E-state index in [4.69, 9.17) is 0 Å². The molecule has 0 fully saturated rings. The van der Waals surface area contributed by atoms with E-state index in [0.29, 0.717) is 6.54 Å². The van der Waals surface area contributed by atoms with Crippen molar-refractivity contribution in [2.45, 2.75) is 26.5 Å². The normalized spacial score (nSPS) is 18.6. The number of anilines is 1. The third-order valence-electron chi connectivity index (χ3n) is 2.55. The minimum atomic E-state index is -3.15. The lowest BCUT2D eigenvalue weighted by Crippen LogP contribution is -2.34. The molecule has 0 saturated heterocycles. The number of fused-ring (bicyclic) bond motifs is 1. The molecule has 0 aliphatic carbocycles. The fraction of sp³-hybridized carbons (Fsp3) is 0.500. The molecule has 1 aromatic rings. The molecule has 88 valence electrons. The molecule has 0 bridgehead atoms. The summed E-state index contributed by atoms with van der Waals surface area (Å²) in [5, 5.41) is 0. The molecule has 0 saturated carbocycles. The van der Waals surface area contributed by atoms with Crippen LogP contribution in [0.2, 0.25) is 0 Å². The van der Waals surface area contributed by atoms with Crippen LogP contribution < -0.4 is 4.31 Å². The Bertz CT molecular complexity index is 500. The van der Waals surface area contributed by atoms with Crippen molar-refractivity contribution in [2.75, 3.05) is 10.8 Å². The molecular weight excluding hydrogens is 222 g/mol. The van der Waals surface area contributed by atoms with E-state index >= 15 is 0 Å². The molecule has 16 heavy (non-hydrogen) atoms. The summed E-state index contributed by atoms with van der Waals surface area (Å²) in [6.45, 7) is 6.67. The zero-order chi connectivity index (χ0) is 12.0. The smallest absolute Gasteiger partial charge is 0.239 e. The van der Waals surface area contributed by atoms with Crippen molar-refractivity contribution in [1.82, 2.24) is 0 Å². The van der Waals surface area contributed by atoms with Gasteiger partial charge < -0.3 is 0 Å². The number of nitrogens with zero attached hydrogens (tertiary/aromatic N) is 1. The lowest BCUT2D eigenvalue weighted by Gasteiger charge is -2.27. The molecule has 0 atom stereocenters. The summed E-state index contributed by atoms with van der Waals surface area (Å²) >= 11 is 0.